The molecule has 0 aliphatic heterocycles. The molecule has 7 heteroatoms. The third-order valence-corrected chi connectivity index (χ3v) is 6.56. The predicted octanol–water partition coefficient (Wildman–Crippen LogP) is 5.60. The minimum atomic E-state index is -0.400. The molecule has 0 radical (unpaired) electrons. The molecule has 1 aromatic heterocycles. The highest BCUT2D eigenvalue weighted by atomic mass is 32.2. The van der Waals surface area contributed by atoms with Crippen LogP contribution >= 0.6 is 11.8 Å². The van der Waals surface area contributed by atoms with Gasteiger partial charge in [0, 0.05) is 6.42 Å². The van der Waals surface area contributed by atoms with E-state index in [1.165, 1.54) is 17.3 Å². The van der Waals surface area contributed by atoms with E-state index in [2.05, 4.69) is 64.3 Å². The Hall–Kier alpha value is -3.58. The minimum absolute atomic E-state index is 0.130. The summed E-state index contributed by atoms with van der Waals surface area (Å²) in [5.74, 6) is 1.32. The number of hydrogen-bond donors (Lipinski definition) is 1. The highest BCUT2D eigenvalue weighted by Crippen LogP contribution is 2.30. The summed E-state index contributed by atoms with van der Waals surface area (Å²) in [5.41, 5.74) is 5.13. The van der Waals surface area contributed by atoms with E-state index in [1.54, 1.807) is 7.11 Å². The van der Waals surface area contributed by atoms with Gasteiger partial charge in [-0.15, -0.1) is 10.2 Å². The number of thioether (sulfide) groups is 1. The maximum Gasteiger partial charge on any atom is 0.237 e. The number of nitrogens with one attached hydrogen (secondary N) is 1. The highest BCUT2D eigenvalue weighted by Gasteiger charge is 2.23. The van der Waals surface area contributed by atoms with E-state index in [9.17, 15) is 4.79 Å². The lowest BCUT2D eigenvalue weighted by Crippen LogP contribution is -2.23. The lowest BCUT2D eigenvalue weighted by Gasteiger charge is -2.16. The molecule has 6 nitrogen and oxygen atoms in total. The third-order valence-electron chi connectivity index (χ3n) is 5.51. The Kier molecular flexibility index (Phi) is 7.33. The number of nitrogens with zero attached hydrogens (tertiary/aromatic N) is 3. The van der Waals surface area contributed by atoms with Crippen LogP contribution in [0.15, 0.2) is 78.0 Å². The Balaban J connectivity index is 1.63. The number of amides is 1. The van der Waals surface area contributed by atoms with Crippen molar-refractivity contribution >= 4 is 23.4 Å². The Morgan fingerprint density at radius 3 is 2.50 bits per heavy atom. The molecule has 0 bridgehead atoms. The zero-order valence-corrected chi connectivity index (χ0v) is 20.6. The van der Waals surface area contributed by atoms with Gasteiger partial charge in [-0.1, -0.05) is 71.9 Å². The molecular formula is C27H28N4O2S. The average Bonchev–Trinajstić information content (AvgIpc) is 3.21. The molecule has 4 rings (SSSR count). The van der Waals surface area contributed by atoms with Gasteiger partial charge in [-0.05, 0) is 50.1 Å². The van der Waals surface area contributed by atoms with Crippen molar-refractivity contribution in [1.82, 2.24) is 14.8 Å². The van der Waals surface area contributed by atoms with Crippen molar-refractivity contribution in [2.45, 2.75) is 37.6 Å². The molecule has 0 fully saturated rings. The second-order valence-corrected chi connectivity index (χ2v) is 9.44. The van der Waals surface area contributed by atoms with Gasteiger partial charge in [-0.25, -0.2) is 0 Å². The molecule has 0 saturated carbocycles. The van der Waals surface area contributed by atoms with Crippen molar-refractivity contribution in [3.63, 3.8) is 0 Å². The summed E-state index contributed by atoms with van der Waals surface area (Å²) in [6.45, 7) is 6.03. The van der Waals surface area contributed by atoms with Gasteiger partial charge in [0.15, 0.2) is 5.16 Å². The van der Waals surface area contributed by atoms with Crippen molar-refractivity contribution in [1.29, 1.82) is 0 Å². The first-order chi connectivity index (χ1) is 16.5. The minimum Gasteiger partial charge on any atom is -0.495 e. The topological polar surface area (TPSA) is 69.0 Å². The van der Waals surface area contributed by atoms with E-state index in [0.29, 0.717) is 23.0 Å². The summed E-state index contributed by atoms with van der Waals surface area (Å²) in [5, 5.41) is 12.2. The number of rotatable bonds is 8. The van der Waals surface area contributed by atoms with Crippen LogP contribution in [0.2, 0.25) is 0 Å². The van der Waals surface area contributed by atoms with Crippen molar-refractivity contribution in [2.24, 2.45) is 0 Å². The van der Waals surface area contributed by atoms with Gasteiger partial charge in [0.25, 0.3) is 0 Å². The lowest BCUT2D eigenvalue weighted by atomic mass is 10.1. The van der Waals surface area contributed by atoms with Gasteiger partial charge in [0.1, 0.15) is 11.6 Å². The monoisotopic (exact) mass is 472 g/mol. The molecular weight excluding hydrogens is 444 g/mol. The van der Waals surface area contributed by atoms with Crippen LogP contribution in [0.4, 0.5) is 5.69 Å². The first-order valence-corrected chi connectivity index (χ1v) is 12.0. The Labute approximate surface area is 204 Å². The summed E-state index contributed by atoms with van der Waals surface area (Å²) < 4.78 is 7.42. The van der Waals surface area contributed by atoms with Crippen LogP contribution in [0, 0.1) is 13.8 Å². The zero-order chi connectivity index (χ0) is 24.1. The van der Waals surface area contributed by atoms with Crippen LogP contribution in [-0.4, -0.2) is 33.0 Å². The molecule has 174 valence electrons. The van der Waals surface area contributed by atoms with Crippen LogP contribution in [0.5, 0.6) is 5.75 Å². The summed E-state index contributed by atoms with van der Waals surface area (Å²) in [4.78, 5) is 13.0. The molecule has 0 aliphatic carbocycles. The predicted molar refractivity (Wildman–Crippen MR) is 137 cm³/mol. The largest absolute Gasteiger partial charge is 0.495 e. The van der Waals surface area contributed by atoms with E-state index in [0.717, 1.165) is 22.6 Å². The lowest BCUT2D eigenvalue weighted by molar-refractivity contribution is -0.115. The first kappa shape index (κ1) is 23.6. The van der Waals surface area contributed by atoms with Gasteiger partial charge < -0.3 is 10.1 Å². The van der Waals surface area contributed by atoms with Crippen LogP contribution in [0.25, 0.3) is 5.69 Å². The standard InChI is InChI=1S/C27H28N4O2S/c1-18-14-15-23(19(2)16-18)31-25(17-21-10-6-5-7-11-21)29-30-27(31)34-20(3)26(32)28-22-12-8-9-13-24(22)33-4/h5-16,20H,17H2,1-4H3,(H,28,32). The van der Waals surface area contributed by atoms with E-state index in [4.69, 9.17) is 4.74 Å². The van der Waals surface area contributed by atoms with E-state index < -0.39 is 5.25 Å². The number of anilines is 1. The fourth-order valence-corrected chi connectivity index (χ4v) is 4.64. The Morgan fingerprint density at radius 2 is 1.76 bits per heavy atom. The number of carbonyl (C=O) groups excluding carboxylic acids is 1. The van der Waals surface area contributed by atoms with Crippen LogP contribution < -0.4 is 10.1 Å². The molecule has 0 saturated heterocycles. The molecule has 1 amide bonds. The van der Waals surface area contributed by atoms with Gasteiger partial charge in [-0.2, -0.15) is 0 Å². The number of methoxy groups -OCH3 is 1. The maximum absolute atomic E-state index is 13.0. The van der Waals surface area contributed by atoms with Crippen LogP contribution in [0.3, 0.4) is 0 Å². The van der Waals surface area contributed by atoms with Gasteiger partial charge in [-0.3, -0.25) is 9.36 Å². The number of para-hydroxylation sites is 2. The van der Waals surface area contributed by atoms with Gasteiger partial charge >= 0.3 is 0 Å². The molecule has 1 atom stereocenters. The second kappa shape index (κ2) is 10.6. The van der Waals surface area contributed by atoms with Crippen LogP contribution in [0.1, 0.15) is 29.4 Å². The first-order valence-electron chi connectivity index (χ1n) is 11.1. The van der Waals surface area contributed by atoms with E-state index in [1.807, 2.05) is 49.4 Å². The summed E-state index contributed by atoms with van der Waals surface area (Å²) in [6.07, 6.45) is 0.642. The fraction of sp³-hybridized carbons (Fsp3) is 0.222. The number of aromatic nitrogens is 3. The number of hydrogen-bond acceptors (Lipinski definition) is 5. The number of ether oxygens (including phenoxy) is 1. The molecule has 0 aliphatic rings. The Bertz CT molecular complexity index is 1290. The van der Waals surface area contributed by atoms with Crippen LogP contribution in [-0.2, 0) is 11.2 Å². The SMILES string of the molecule is COc1ccccc1NC(=O)C(C)Sc1nnc(Cc2ccccc2)n1-c1ccc(C)cc1C. The van der Waals surface area contributed by atoms with Crippen molar-refractivity contribution < 1.29 is 9.53 Å². The zero-order valence-electron chi connectivity index (χ0n) is 19.8. The van der Waals surface area contributed by atoms with Crippen molar-refractivity contribution in [3.05, 3.63) is 95.3 Å². The highest BCUT2D eigenvalue weighted by molar-refractivity contribution is 8.00. The molecule has 1 heterocycles. The molecule has 3 aromatic carbocycles. The summed E-state index contributed by atoms with van der Waals surface area (Å²) in [7, 11) is 1.59. The quantitative estimate of drug-likeness (QED) is 0.338. The van der Waals surface area contributed by atoms with Crippen molar-refractivity contribution in [3.8, 4) is 11.4 Å². The molecule has 1 N–H and O–H groups in total. The average molecular weight is 473 g/mol. The molecule has 1 unspecified atom stereocenters. The van der Waals surface area contributed by atoms with E-state index in [-0.39, 0.29) is 5.91 Å². The third kappa shape index (κ3) is 5.31. The van der Waals surface area contributed by atoms with Crippen molar-refractivity contribution in [2.75, 3.05) is 12.4 Å². The second-order valence-electron chi connectivity index (χ2n) is 8.14. The molecule has 34 heavy (non-hydrogen) atoms. The summed E-state index contributed by atoms with van der Waals surface area (Å²) in [6, 6.07) is 23.9. The fourth-order valence-electron chi connectivity index (χ4n) is 3.76. The molecule has 4 aromatic rings. The normalized spacial score (nSPS) is 11.8. The number of aryl methyl sites for hydroxylation is 2. The number of benzene rings is 3. The number of carbonyl (C=O) groups is 1. The maximum atomic E-state index is 13.0. The van der Waals surface area contributed by atoms with E-state index >= 15 is 0 Å². The smallest absolute Gasteiger partial charge is 0.237 e. The summed E-state index contributed by atoms with van der Waals surface area (Å²) >= 11 is 1.39. The van der Waals surface area contributed by atoms with Gasteiger partial charge in [0.05, 0.1) is 23.7 Å². The molecule has 0 spiro atoms. The Morgan fingerprint density at radius 1 is 1.03 bits per heavy atom. The van der Waals surface area contributed by atoms with Gasteiger partial charge in [0.2, 0.25) is 5.91 Å².